The highest BCUT2D eigenvalue weighted by molar-refractivity contribution is 5.75. The summed E-state index contributed by atoms with van der Waals surface area (Å²) >= 11 is 0. The van der Waals surface area contributed by atoms with Gasteiger partial charge in [0, 0.05) is 6.54 Å². The third-order valence-corrected chi connectivity index (χ3v) is 3.15. The molecule has 1 aliphatic heterocycles. The molecule has 0 saturated carbocycles. The lowest BCUT2D eigenvalue weighted by Crippen LogP contribution is -2.60. The number of aliphatic hydroxyl groups excluding tert-OH is 3. The first-order chi connectivity index (χ1) is 11.0. The molecule has 1 heterocycles. The second-order valence-electron chi connectivity index (χ2n) is 4.80. The minimum absolute atomic E-state index is 0.0509. The van der Waals surface area contributed by atoms with Gasteiger partial charge in [-0.15, -0.1) is 0 Å². The fraction of sp³-hybridized carbons (Fsp3) is 0.923. The van der Waals surface area contributed by atoms with Gasteiger partial charge < -0.3 is 44.7 Å². The van der Waals surface area contributed by atoms with E-state index in [9.17, 15) is 20.1 Å². The van der Waals surface area contributed by atoms with Gasteiger partial charge in [0.2, 0.25) is 0 Å². The van der Waals surface area contributed by atoms with Crippen molar-refractivity contribution in [1.29, 1.82) is 0 Å². The van der Waals surface area contributed by atoms with Gasteiger partial charge in [0.25, 0.3) is 0 Å². The van der Waals surface area contributed by atoms with E-state index in [1.807, 2.05) is 0 Å². The maximum Gasteiger partial charge on any atom is 0.337 e. The van der Waals surface area contributed by atoms with E-state index >= 15 is 0 Å². The predicted molar refractivity (Wildman–Crippen MR) is 75.3 cm³/mol. The molecular formula is C13H25NO9. The molecule has 5 atom stereocenters. The van der Waals surface area contributed by atoms with E-state index in [1.165, 1.54) is 0 Å². The Bertz CT molecular complexity index is 343. The summed E-state index contributed by atoms with van der Waals surface area (Å²) in [5, 5.41) is 29.2. The molecule has 0 bridgehead atoms. The van der Waals surface area contributed by atoms with E-state index in [2.05, 4.69) is 4.74 Å². The zero-order chi connectivity index (χ0) is 17.2. The molecule has 0 amide bonds. The zero-order valence-corrected chi connectivity index (χ0v) is 13.0. The van der Waals surface area contributed by atoms with Crippen molar-refractivity contribution < 1.29 is 43.8 Å². The predicted octanol–water partition coefficient (Wildman–Crippen LogP) is -3.02. The molecule has 1 fully saturated rings. The zero-order valence-electron chi connectivity index (χ0n) is 13.0. The van der Waals surface area contributed by atoms with E-state index in [0.29, 0.717) is 26.4 Å². The van der Waals surface area contributed by atoms with Crippen LogP contribution in [0.3, 0.4) is 0 Å². The summed E-state index contributed by atoms with van der Waals surface area (Å²) in [5.41, 5.74) is 5.26. The molecule has 0 aliphatic carbocycles. The normalized spacial score (nSPS) is 31.1. The van der Waals surface area contributed by atoms with Crippen LogP contribution in [-0.4, -0.2) is 98.7 Å². The van der Waals surface area contributed by atoms with E-state index in [-0.39, 0.29) is 13.2 Å². The van der Waals surface area contributed by atoms with Crippen molar-refractivity contribution >= 4 is 5.97 Å². The quantitative estimate of drug-likeness (QED) is 0.239. The number of nitrogens with two attached hydrogens (primary N) is 1. The van der Waals surface area contributed by atoms with Gasteiger partial charge in [-0.1, -0.05) is 0 Å². The van der Waals surface area contributed by atoms with E-state index < -0.39 is 36.7 Å². The molecule has 10 heteroatoms. The summed E-state index contributed by atoms with van der Waals surface area (Å²) in [5.74, 6) is -0.870. The first-order valence-electron chi connectivity index (χ1n) is 7.27. The van der Waals surface area contributed by atoms with Crippen LogP contribution in [0.5, 0.6) is 0 Å². The smallest absolute Gasteiger partial charge is 0.337 e. The summed E-state index contributed by atoms with van der Waals surface area (Å²) in [6, 6.07) is 0. The Labute approximate surface area is 134 Å². The van der Waals surface area contributed by atoms with Crippen molar-refractivity contribution in [2.24, 2.45) is 5.73 Å². The van der Waals surface area contributed by atoms with Crippen LogP contribution in [0.25, 0.3) is 0 Å². The lowest BCUT2D eigenvalue weighted by molar-refractivity contribution is -0.296. The van der Waals surface area contributed by atoms with E-state index in [4.69, 9.17) is 24.7 Å². The molecule has 136 valence electrons. The number of hydrogen-bond acceptors (Lipinski definition) is 10. The number of methoxy groups -OCH3 is 1. The van der Waals surface area contributed by atoms with Gasteiger partial charge in [0.05, 0.1) is 40.1 Å². The minimum atomic E-state index is -1.60. The van der Waals surface area contributed by atoms with Crippen molar-refractivity contribution in [2.45, 2.75) is 30.7 Å². The minimum Gasteiger partial charge on any atom is -0.467 e. The SMILES string of the molecule is COC(=O)[C@H]1OC(OCCOCCOCCN)[C@H](O)[C@@H](O)[C@@H]1O. The Kier molecular flexibility index (Phi) is 9.52. The maximum absolute atomic E-state index is 11.5. The van der Waals surface area contributed by atoms with Crippen LogP contribution < -0.4 is 5.73 Å². The van der Waals surface area contributed by atoms with Crippen molar-refractivity contribution in [3.63, 3.8) is 0 Å². The summed E-state index contributed by atoms with van der Waals surface area (Å²) in [4.78, 5) is 11.5. The van der Waals surface area contributed by atoms with E-state index in [1.54, 1.807) is 0 Å². The van der Waals surface area contributed by atoms with Gasteiger partial charge in [-0.2, -0.15) is 0 Å². The Balaban J connectivity index is 2.30. The first kappa shape index (κ1) is 20.2. The number of rotatable bonds is 10. The van der Waals surface area contributed by atoms with Gasteiger partial charge in [-0.05, 0) is 0 Å². The summed E-state index contributed by atoms with van der Waals surface area (Å²) in [6.07, 6.45) is -7.42. The monoisotopic (exact) mass is 339 g/mol. The molecule has 1 saturated heterocycles. The van der Waals surface area contributed by atoms with Crippen LogP contribution in [0.4, 0.5) is 0 Å². The fourth-order valence-corrected chi connectivity index (χ4v) is 1.93. The highest BCUT2D eigenvalue weighted by Crippen LogP contribution is 2.22. The number of carbonyl (C=O) groups excluding carboxylic acids is 1. The Morgan fingerprint density at radius 2 is 1.61 bits per heavy atom. The standard InChI is InChI=1S/C13H25NO9/c1-19-12(18)11-9(16)8(15)10(17)13(23-11)22-7-6-21-5-4-20-3-2-14/h8-11,13,15-17H,2-7,14H2,1H3/t8-,9-,10+,11-,13?/m0/s1. The number of ether oxygens (including phenoxy) is 5. The van der Waals surface area contributed by atoms with Crippen LogP contribution in [0.15, 0.2) is 0 Å². The molecule has 1 unspecified atom stereocenters. The average molecular weight is 339 g/mol. The molecule has 0 aromatic rings. The average Bonchev–Trinajstić information content (AvgIpc) is 2.56. The number of carbonyl (C=O) groups is 1. The topological polar surface area (TPSA) is 150 Å². The lowest BCUT2D eigenvalue weighted by atomic mass is 9.99. The highest BCUT2D eigenvalue weighted by atomic mass is 16.7. The van der Waals surface area contributed by atoms with Crippen LogP contribution in [0.1, 0.15) is 0 Å². The van der Waals surface area contributed by atoms with E-state index in [0.717, 1.165) is 7.11 Å². The molecule has 0 radical (unpaired) electrons. The molecule has 1 rings (SSSR count). The molecular weight excluding hydrogens is 314 g/mol. The Morgan fingerprint density at radius 1 is 1.00 bits per heavy atom. The first-order valence-corrected chi connectivity index (χ1v) is 7.27. The molecule has 0 aromatic carbocycles. The third kappa shape index (κ3) is 6.28. The van der Waals surface area contributed by atoms with Crippen LogP contribution in [0, 0.1) is 0 Å². The van der Waals surface area contributed by atoms with Gasteiger partial charge >= 0.3 is 5.97 Å². The summed E-state index contributed by atoms with van der Waals surface area (Å²) in [6.45, 7) is 1.89. The van der Waals surface area contributed by atoms with Crippen LogP contribution in [0.2, 0.25) is 0 Å². The highest BCUT2D eigenvalue weighted by Gasteiger charge is 2.47. The molecule has 0 spiro atoms. The maximum atomic E-state index is 11.5. The second-order valence-corrected chi connectivity index (χ2v) is 4.80. The number of esters is 1. The van der Waals surface area contributed by atoms with Crippen LogP contribution >= 0.6 is 0 Å². The lowest BCUT2D eigenvalue weighted by Gasteiger charge is -2.38. The fourth-order valence-electron chi connectivity index (χ4n) is 1.93. The van der Waals surface area contributed by atoms with Gasteiger partial charge in [-0.3, -0.25) is 0 Å². The van der Waals surface area contributed by atoms with Crippen LogP contribution in [-0.2, 0) is 28.5 Å². The molecule has 23 heavy (non-hydrogen) atoms. The largest absolute Gasteiger partial charge is 0.467 e. The van der Waals surface area contributed by atoms with Gasteiger partial charge in [0.1, 0.15) is 18.3 Å². The molecule has 5 N–H and O–H groups in total. The second kappa shape index (κ2) is 10.8. The number of hydrogen-bond donors (Lipinski definition) is 4. The Hall–Kier alpha value is -0.850. The number of aliphatic hydroxyl groups is 3. The summed E-state index contributed by atoms with van der Waals surface area (Å²) in [7, 11) is 1.12. The van der Waals surface area contributed by atoms with Crippen molar-refractivity contribution in [3.8, 4) is 0 Å². The molecule has 0 aromatic heterocycles. The summed E-state index contributed by atoms with van der Waals surface area (Å²) < 4.78 is 25.2. The molecule has 10 nitrogen and oxygen atoms in total. The molecule has 1 aliphatic rings. The van der Waals surface area contributed by atoms with Crippen molar-refractivity contribution in [3.05, 3.63) is 0 Å². The Morgan fingerprint density at radius 3 is 2.22 bits per heavy atom. The van der Waals surface area contributed by atoms with Crippen molar-refractivity contribution in [1.82, 2.24) is 0 Å². The third-order valence-electron chi connectivity index (χ3n) is 3.15. The van der Waals surface area contributed by atoms with Gasteiger partial charge in [0.15, 0.2) is 12.4 Å². The van der Waals surface area contributed by atoms with Crippen molar-refractivity contribution in [2.75, 3.05) is 46.7 Å². The van der Waals surface area contributed by atoms with Gasteiger partial charge in [-0.25, -0.2) is 4.79 Å².